The Kier molecular flexibility index (Phi) is 4.19. The van der Waals surface area contributed by atoms with Crippen molar-refractivity contribution in [3.63, 3.8) is 0 Å². The first kappa shape index (κ1) is 14.3. The predicted octanol–water partition coefficient (Wildman–Crippen LogP) is 3.75. The van der Waals surface area contributed by atoms with Crippen LogP contribution in [0.25, 0.3) is 0 Å². The molecule has 1 amide bonds. The van der Waals surface area contributed by atoms with E-state index in [2.05, 4.69) is 30.8 Å². The molecular formula is C20H19NO. The van der Waals surface area contributed by atoms with Crippen LogP contribution >= 0.6 is 0 Å². The molecule has 0 aromatic heterocycles. The lowest BCUT2D eigenvalue weighted by molar-refractivity contribution is -0.127. The molecule has 110 valence electrons. The minimum atomic E-state index is 0.0692. The molecule has 0 fully saturated rings. The summed E-state index contributed by atoms with van der Waals surface area (Å²) in [5.41, 5.74) is 3.09. The molecule has 1 atom stereocenters. The molecule has 0 bridgehead atoms. The number of rotatable bonds is 5. The molecule has 2 nitrogen and oxygen atoms in total. The SMILES string of the molecule is C=CC1=C[C@H](Cc2ccccc2)N(Cc2ccccc2)C1=O. The van der Waals surface area contributed by atoms with Crippen LogP contribution in [0, 0.1) is 0 Å². The fraction of sp³-hybridized carbons (Fsp3) is 0.150. The Morgan fingerprint density at radius 2 is 1.55 bits per heavy atom. The molecule has 0 spiro atoms. The van der Waals surface area contributed by atoms with Gasteiger partial charge < -0.3 is 4.90 Å². The standard InChI is InChI=1S/C20H19NO/c1-2-18-14-19(13-16-9-5-3-6-10-16)21(20(18)22)15-17-11-7-4-8-12-17/h2-12,14,19H,1,13,15H2/t19-/m0/s1. The van der Waals surface area contributed by atoms with Gasteiger partial charge in [-0.1, -0.05) is 73.3 Å². The van der Waals surface area contributed by atoms with Crippen LogP contribution in [0.15, 0.2) is 85.0 Å². The molecule has 0 N–H and O–H groups in total. The first-order valence-electron chi connectivity index (χ1n) is 7.51. The van der Waals surface area contributed by atoms with Gasteiger partial charge in [0.05, 0.1) is 6.04 Å². The van der Waals surface area contributed by atoms with Gasteiger partial charge >= 0.3 is 0 Å². The summed E-state index contributed by atoms with van der Waals surface area (Å²) in [5.74, 6) is 0.0692. The fourth-order valence-electron chi connectivity index (χ4n) is 2.83. The number of hydrogen-bond donors (Lipinski definition) is 0. The third-order valence-electron chi connectivity index (χ3n) is 3.98. The van der Waals surface area contributed by atoms with Crippen molar-refractivity contribution in [1.82, 2.24) is 4.90 Å². The summed E-state index contributed by atoms with van der Waals surface area (Å²) in [6.07, 6.45) is 4.52. The second kappa shape index (κ2) is 6.44. The van der Waals surface area contributed by atoms with E-state index in [-0.39, 0.29) is 11.9 Å². The highest BCUT2D eigenvalue weighted by Crippen LogP contribution is 2.24. The van der Waals surface area contributed by atoms with Crippen molar-refractivity contribution in [3.05, 3.63) is 96.1 Å². The number of carbonyl (C=O) groups excluding carboxylic acids is 1. The smallest absolute Gasteiger partial charge is 0.254 e. The maximum atomic E-state index is 12.5. The van der Waals surface area contributed by atoms with Gasteiger partial charge in [0, 0.05) is 12.1 Å². The Hall–Kier alpha value is -2.61. The van der Waals surface area contributed by atoms with Gasteiger partial charge in [0.1, 0.15) is 0 Å². The van der Waals surface area contributed by atoms with E-state index in [0.29, 0.717) is 12.1 Å². The van der Waals surface area contributed by atoms with Crippen molar-refractivity contribution in [2.45, 2.75) is 19.0 Å². The van der Waals surface area contributed by atoms with Gasteiger partial charge in [0.25, 0.3) is 5.91 Å². The number of amides is 1. The summed E-state index contributed by atoms with van der Waals surface area (Å²) in [5, 5.41) is 0. The molecule has 0 radical (unpaired) electrons. The van der Waals surface area contributed by atoms with Crippen LogP contribution in [-0.2, 0) is 17.8 Å². The second-order valence-corrected chi connectivity index (χ2v) is 5.50. The number of hydrogen-bond acceptors (Lipinski definition) is 1. The topological polar surface area (TPSA) is 20.3 Å². The summed E-state index contributed by atoms with van der Waals surface area (Å²) < 4.78 is 0. The van der Waals surface area contributed by atoms with Gasteiger partial charge in [-0.25, -0.2) is 0 Å². The van der Waals surface area contributed by atoms with Crippen LogP contribution in [0.1, 0.15) is 11.1 Å². The lowest BCUT2D eigenvalue weighted by Crippen LogP contribution is -2.35. The molecule has 0 aliphatic carbocycles. The molecule has 3 rings (SSSR count). The van der Waals surface area contributed by atoms with Crippen molar-refractivity contribution < 1.29 is 4.79 Å². The summed E-state index contributed by atoms with van der Waals surface area (Å²) in [6.45, 7) is 4.39. The zero-order valence-corrected chi connectivity index (χ0v) is 12.5. The van der Waals surface area contributed by atoms with Crippen molar-refractivity contribution in [2.24, 2.45) is 0 Å². The molecule has 0 unspecified atom stereocenters. The molecule has 2 aromatic rings. The molecule has 2 heteroatoms. The van der Waals surface area contributed by atoms with E-state index in [1.165, 1.54) is 5.56 Å². The zero-order valence-electron chi connectivity index (χ0n) is 12.5. The average molecular weight is 289 g/mol. The molecule has 1 aliphatic rings. The molecular weight excluding hydrogens is 270 g/mol. The van der Waals surface area contributed by atoms with E-state index >= 15 is 0 Å². The summed E-state index contributed by atoms with van der Waals surface area (Å²) in [4.78, 5) is 14.5. The van der Waals surface area contributed by atoms with E-state index in [9.17, 15) is 4.79 Å². The van der Waals surface area contributed by atoms with Crippen LogP contribution in [0.3, 0.4) is 0 Å². The molecule has 0 saturated heterocycles. The quantitative estimate of drug-likeness (QED) is 0.821. The second-order valence-electron chi connectivity index (χ2n) is 5.50. The number of nitrogens with zero attached hydrogens (tertiary/aromatic N) is 1. The average Bonchev–Trinajstić information content (AvgIpc) is 2.85. The number of benzene rings is 2. The summed E-state index contributed by atoms with van der Waals surface area (Å²) in [6, 6.07) is 20.5. The van der Waals surface area contributed by atoms with E-state index in [0.717, 1.165) is 12.0 Å². The highest BCUT2D eigenvalue weighted by Gasteiger charge is 2.30. The predicted molar refractivity (Wildman–Crippen MR) is 89.2 cm³/mol. The zero-order chi connectivity index (χ0) is 15.4. The molecule has 0 saturated carbocycles. The molecule has 2 aromatic carbocycles. The molecule has 1 heterocycles. The maximum absolute atomic E-state index is 12.5. The minimum Gasteiger partial charge on any atom is -0.328 e. The first-order valence-corrected chi connectivity index (χ1v) is 7.51. The van der Waals surface area contributed by atoms with Crippen molar-refractivity contribution in [2.75, 3.05) is 0 Å². The van der Waals surface area contributed by atoms with Crippen LogP contribution in [-0.4, -0.2) is 16.8 Å². The summed E-state index contributed by atoms with van der Waals surface area (Å²) >= 11 is 0. The summed E-state index contributed by atoms with van der Waals surface area (Å²) in [7, 11) is 0. The Morgan fingerprint density at radius 1 is 0.955 bits per heavy atom. The minimum absolute atomic E-state index is 0.0692. The Bertz CT molecular complexity index is 688. The lowest BCUT2D eigenvalue weighted by atomic mass is 10.0. The van der Waals surface area contributed by atoms with Gasteiger partial charge in [-0.15, -0.1) is 0 Å². The van der Waals surface area contributed by atoms with Crippen molar-refractivity contribution in [3.8, 4) is 0 Å². The van der Waals surface area contributed by atoms with E-state index < -0.39 is 0 Å². The van der Waals surface area contributed by atoms with E-state index in [1.54, 1.807) is 6.08 Å². The fourth-order valence-corrected chi connectivity index (χ4v) is 2.83. The van der Waals surface area contributed by atoms with Gasteiger partial charge in [0.2, 0.25) is 0 Å². The monoisotopic (exact) mass is 289 g/mol. The third kappa shape index (κ3) is 3.01. The van der Waals surface area contributed by atoms with Crippen molar-refractivity contribution in [1.29, 1.82) is 0 Å². The van der Waals surface area contributed by atoms with Gasteiger partial charge in [-0.05, 0) is 23.6 Å². The lowest BCUT2D eigenvalue weighted by Gasteiger charge is -2.25. The van der Waals surface area contributed by atoms with Gasteiger partial charge in [-0.2, -0.15) is 0 Å². The van der Waals surface area contributed by atoms with Crippen molar-refractivity contribution >= 4 is 5.91 Å². The Labute approximate surface area is 131 Å². The highest BCUT2D eigenvalue weighted by atomic mass is 16.2. The molecule has 22 heavy (non-hydrogen) atoms. The first-order chi connectivity index (χ1) is 10.8. The Balaban J connectivity index is 1.82. The Morgan fingerprint density at radius 3 is 2.14 bits per heavy atom. The molecule has 1 aliphatic heterocycles. The third-order valence-corrected chi connectivity index (χ3v) is 3.98. The van der Waals surface area contributed by atoms with Gasteiger partial charge in [-0.3, -0.25) is 4.79 Å². The normalized spacial score (nSPS) is 17.5. The van der Waals surface area contributed by atoms with Crippen LogP contribution in [0.5, 0.6) is 0 Å². The number of carbonyl (C=O) groups is 1. The van der Waals surface area contributed by atoms with E-state index in [4.69, 9.17) is 0 Å². The van der Waals surface area contributed by atoms with E-state index in [1.807, 2.05) is 47.4 Å². The van der Waals surface area contributed by atoms with Gasteiger partial charge in [0.15, 0.2) is 0 Å². The highest BCUT2D eigenvalue weighted by molar-refractivity contribution is 5.98. The van der Waals surface area contributed by atoms with Crippen LogP contribution < -0.4 is 0 Å². The van der Waals surface area contributed by atoms with Crippen LogP contribution in [0.4, 0.5) is 0 Å². The maximum Gasteiger partial charge on any atom is 0.254 e. The van der Waals surface area contributed by atoms with Crippen LogP contribution in [0.2, 0.25) is 0 Å². The largest absolute Gasteiger partial charge is 0.328 e.